The number of carbonyl (C=O) groups is 4. The Morgan fingerprint density at radius 3 is 1.16 bits per heavy atom. The van der Waals surface area contributed by atoms with Gasteiger partial charge in [-0.2, -0.15) is 0 Å². The van der Waals surface area contributed by atoms with Crippen LogP contribution in [0, 0.1) is 0 Å². The van der Waals surface area contributed by atoms with Gasteiger partial charge in [-0.15, -0.1) is 0 Å². The van der Waals surface area contributed by atoms with E-state index >= 15 is 0 Å². The van der Waals surface area contributed by atoms with Gasteiger partial charge in [-0.3, -0.25) is 0 Å². The van der Waals surface area contributed by atoms with Crippen molar-refractivity contribution < 1.29 is 38.9 Å². The molecule has 0 saturated heterocycles. The minimum Gasteiger partial charge on any atom is -0.545 e. The van der Waals surface area contributed by atoms with Crippen molar-refractivity contribution in [2.75, 3.05) is 14.2 Å². The first-order chi connectivity index (χ1) is 8.33. The number of rotatable bonds is 4. The number of carbonyl (C=O) groups excluding carboxylic acids is 4. The van der Waals surface area contributed by atoms with Crippen LogP contribution in [0.3, 0.4) is 0 Å². The second kappa shape index (κ2) is 14.2. The van der Waals surface area contributed by atoms with Crippen LogP contribution in [0.25, 0.3) is 0 Å². The van der Waals surface area contributed by atoms with Crippen LogP contribution in [0.1, 0.15) is 0 Å². The Kier molecular flexibility index (Phi) is 16.7. The zero-order chi connectivity index (χ0) is 14.6. The molecule has 0 rings (SSSR count). The van der Waals surface area contributed by atoms with Crippen molar-refractivity contribution in [3.8, 4) is 0 Å². The van der Waals surface area contributed by atoms with E-state index in [0.29, 0.717) is 12.2 Å². The van der Waals surface area contributed by atoms with E-state index in [9.17, 15) is 29.4 Å². The molecular formula is C10H10MgO8. The van der Waals surface area contributed by atoms with E-state index in [2.05, 4.69) is 9.47 Å². The van der Waals surface area contributed by atoms with Crippen LogP contribution in [0.15, 0.2) is 24.3 Å². The topological polar surface area (TPSA) is 133 Å². The molecule has 0 aromatic rings. The third-order valence-corrected chi connectivity index (χ3v) is 1.11. The Morgan fingerprint density at radius 1 is 0.737 bits per heavy atom. The van der Waals surface area contributed by atoms with Gasteiger partial charge in [0.15, 0.2) is 0 Å². The van der Waals surface area contributed by atoms with Gasteiger partial charge in [0.25, 0.3) is 0 Å². The first-order valence-electron chi connectivity index (χ1n) is 4.27. The molecule has 0 fully saturated rings. The van der Waals surface area contributed by atoms with Crippen molar-refractivity contribution >= 4 is 46.9 Å². The SMILES string of the molecule is COC(=O)C=CC(=O)[O-].COC(=O)C=CC(=O)[O-].[Mg+2]. The molecule has 0 N–H and O–H groups in total. The van der Waals surface area contributed by atoms with E-state index in [-0.39, 0.29) is 23.1 Å². The molecule has 19 heavy (non-hydrogen) atoms. The summed E-state index contributed by atoms with van der Waals surface area (Å²) in [6, 6.07) is 0. The van der Waals surface area contributed by atoms with Crippen LogP contribution in [0.4, 0.5) is 0 Å². The van der Waals surface area contributed by atoms with Crippen molar-refractivity contribution in [3.63, 3.8) is 0 Å². The Hall–Kier alpha value is -1.87. The molecule has 0 radical (unpaired) electrons. The maximum Gasteiger partial charge on any atom is 2.00 e. The molecule has 0 bridgehead atoms. The average Bonchev–Trinajstić information content (AvgIpc) is 2.33. The molecule has 0 aliphatic rings. The number of carboxylic acids is 2. The molecule has 0 saturated carbocycles. The van der Waals surface area contributed by atoms with Gasteiger partial charge in [0.1, 0.15) is 0 Å². The fourth-order valence-corrected chi connectivity index (χ4v) is 0.408. The minimum atomic E-state index is -1.42. The monoisotopic (exact) mass is 282 g/mol. The summed E-state index contributed by atoms with van der Waals surface area (Å²) in [5, 5.41) is 19.2. The number of methoxy groups -OCH3 is 2. The predicted molar refractivity (Wildman–Crippen MR) is 58.1 cm³/mol. The quantitative estimate of drug-likeness (QED) is 0.295. The molecule has 8 nitrogen and oxygen atoms in total. The second-order valence-electron chi connectivity index (χ2n) is 2.35. The van der Waals surface area contributed by atoms with Crippen molar-refractivity contribution in [1.82, 2.24) is 0 Å². The van der Waals surface area contributed by atoms with Gasteiger partial charge in [0.2, 0.25) is 0 Å². The van der Waals surface area contributed by atoms with Gasteiger partial charge in [-0.05, 0) is 12.2 Å². The van der Waals surface area contributed by atoms with Crippen LogP contribution in [-0.4, -0.2) is 61.1 Å². The summed E-state index contributed by atoms with van der Waals surface area (Å²) >= 11 is 0. The molecule has 0 aromatic carbocycles. The zero-order valence-electron chi connectivity index (χ0n) is 10.3. The van der Waals surface area contributed by atoms with Crippen LogP contribution in [0.2, 0.25) is 0 Å². The Morgan fingerprint density at radius 2 is 1.00 bits per heavy atom. The second-order valence-corrected chi connectivity index (χ2v) is 2.35. The molecule has 100 valence electrons. The number of hydrogen-bond acceptors (Lipinski definition) is 8. The van der Waals surface area contributed by atoms with Gasteiger partial charge in [-0.1, -0.05) is 0 Å². The number of ether oxygens (including phenoxy) is 2. The first kappa shape index (κ1) is 22.3. The molecular weight excluding hydrogens is 272 g/mol. The molecule has 0 aliphatic carbocycles. The third kappa shape index (κ3) is 21.9. The Bertz CT molecular complexity index is 336. The number of esters is 2. The summed E-state index contributed by atoms with van der Waals surface area (Å²) in [6.45, 7) is 0. The van der Waals surface area contributed by atoms with Crippen molar-refractivity contribution in [2.45, 2.75) is 0 Å². The van der Waals surface area contributed by atoms with Crippen LogP contribution in [-0.2, 0) is 28.7 Å². The summed E-state index contributed by atoms with van der Waals surface area (Å²) in [6.07, 6.45) is 2.75. The van der Waals surface area contributed by atoms with E-state index < -0.39 is 23.9 Å². The van der Waals surface area contributed by atoms with Gasteiger partial charge >= 0.3 is 35.0 Å². The molecule has 0 amide bonds. The standard InChI is InChI=1S/2C5H6O4.Mg/c2*1-9-5(8)3-2-4(6)7;/h2*2-3H,1H3,(H,6,7);/q;;+2/p-2. The normalized spacial score (nSPS) is 8.95. The summed E-state index contributed by atoms with van der Waals surface area (Å²) in [7, 11) is 2.31. The van der Waals surface area contributed by atoms with Crippen molar-refractivity contribution in [1.29, 1.82) is 0 Å². The molecule has 0 aliphatic heterocycles. The summed E-state index contributed by atoms with van der Waals surface area (Å²) in [4.78, 5) is 39.5. The van der Waals surface area contributed by atoms with Gasteiger partial charge in [-0.25, -0.2) is 9.59 Å². The van der Waals surface area contributed by atoms with E-state index in [4.69, 9.17) is 0 Å². The van der Waals surface area contributed by atoms with Gasteiger partial charge in [0.05, 0.1) is 26.2 Å². The van der Waals surface area contributed by atoms with E-state index in [1.807, 2.05) is 0 Å². The molecule has 0 unspecified atom stereocenters. The number of aliphatic carboxylic acids is 2. The number of carboxylic acid groups (broad SMARTS) is 2. The van der Waals surface area contributed by atoms with Gasteiger partial charge < -0.3 is 29.3 Å². The largest absolute Gasteiger partial charge is 2.00 e. The van der Waals surface area contributed by atoms with Crippen molar-refractivity contribution in [3.05, 3.63) is 24.3 Å². The summed E-state index contributed by atoms with van der Waals surface area (Å²) < 4.78 is 8.17. The summed E-state index contributed by atoms with van der Waals surface area (Å²) in [5.74, 6) is -4.25. The maximum atomic E-state index is 10.1. The van der Waals surface area contributed by atoms with Crippen LogP contribution < -0.4 is 10.2 Å². The van der Waals surface area contributed by atoms with Crippen molar-refractivity contribution in [2.24, 2.45) is 0 Å². The number of hydrogen-bond donors (Lipinski definition) is 0. The van der Waals surface area contributed by atoms with E-state index in [1.165, 1.54) is 0 Å². The fourth-order valence-electron chi connectivity index (χ4n) is 0.408. The zero-order valence-corrected chi connectivity index (χ0v) is 11.7. The van der Waals surface area contributed by atoms with Gasteiger partial charge in [0, 0.05) is 12.2 Å². The van der Waals surface area contributed by atoms with Crippen LogP contribution >= 0.6 is 0 Å². The molecule has 0 atom stereocenters. The fraction of sp³-hybridized carbons (Fsp3) is 0.200. The molecule has 0 aromatic heterocycles. The minimum absolute atomic E-state index is 0. The Labute approximate surface area is 124 Å². The molecule has 9 heteroatoms. The van der Waals surface area contributed by atoms with Crippen LogP contribution in [0.5, 0.6) is 0 Å². The van der Waals surface area contributed by atoms with E-state index in [0.717, 1.165) is 26.4 Å². The molecule has 0 heterocycles. The van der Waals surface area contributed by atoms with E-state index in [1.54, 1.807) is 0 Å². The average molecular weight is 282 g/mol. The summed E-state index contributed by atoms with van der Waals surface area (Å²) in [5.41, 5.74) is 0. The maximum absolute atomic E-state index is 10.1. The third-order valence-electron chi connectivity index (χ3n) is 1.11. The Balaban J connectivity index is -0.000000256. The smallest absolute Gasteiger partial charge is 0.545 e. The first-order valence-corrected chi connectivity index (χ1v) is 4.27. The molecule has 0 spiro atoms. The predicted octanol–water partition coefficient (Wildman–Crippen LogP) is -3.45.